The van der Waals surface area contributed by atoms with Crippen molar-refractivity contribution in [3.63, 3.8) is 0 Å². The average Bonchev–Trinajstić information content (AvgIpc) is 3.18. The van der Waals surface area contributed by atoms with Crippen LogP contribution in [0, 0.1) is 0 Å². The predicted octanol–water partition coefficient (Wildman–Crippen LogP) is 2.11. The summed E-state index contributed by atoms with van der Waals surface area (Å²) in [7, 11) is -3.21. The van der Waals surface area contributed by atoms with Crippen molar-refractivity contribution in [2.24, 2.45) is 0 Å². The Morgan fingerprint density at radius 3 is 2.74 bits per heavy atom. The molecule has 2 aromatic rings. The van der Waals surface area contributed by atoms with Crippen LogP contribution in [0.4, 0.5) is 9.93 Å². The van der Waals surface area contributed by atoms with Crippen LogP contribution < -0.4 is 20.1 Å². The molecule has 0 aliphatic carbocycles. The smallest absolute Gasteiger partial charge is 0.321 e. The maximum absolute atomic E-state index is 12.1. The van der Waals surface area contributed by atoms with E-state index in [0.717, 1.165) is 5.56 Å². The summed E-state index contributed by atoms with van der Waals surface area (Å²) in [5, 5.41) is 6.78. The molecule has 1 aromatic carbocycles. The van der Waals surface area contributed by atoms with E-state index in [2.05, 4.69) is 15.6 Å². The van der Waals surface area contributed by atoms with E-state index in [9.17, 15) is 13.2 Å². The van der Waals surface area contributed by atoms with E-state index in [-0.39, 0.29) is 11.5 Å². The normalized spacial score (nSPS) is 23.0. The highest BCUT2D eigenvalue weighted by Gasteiger charge is 2.37. The standard InChI is InChI=1S/C16H16ClN3O5S2/c17-10-7-27(22,23)8-12(10)18-15(21)20-16-19-11(6-26-16)9-1-2-13-14(5-9)25-4-3-24-13/h1-2,5-6,10,12H,3-4,7-8H2,(H2,18,19,20,21)/t10-,12+/m0/s1. The molecular weight excluding hydrogens is 414 g/mol. The quantitative estimate of drug-likeness (QED) is 0.723. The van der Waals surface area contributed by atoms with Gasteiger partial charge in [0.15, 0.2) is 26.5 Å². The van der Waals surface area contributed by atoms with E-state index in [1.54, 1.807) is 0 Å². The minimum atomic E-state index is -3.21. The maximum atomic E-state index is 12.1. The van der Waals surface area contributed by atoms with Gasteiger partial charge in [-0.05, 0) is 18.2 Å². The summed E-state index contributed by atoms with van der Waals surface area (Å²) in [6.07, 6.45) is 0. The van der Waals surface area contributed by atoms with Gasteiger partial charge in [-0.2, -0.15) is 0 Å². The molecule has 2 aliphatic heterocycles. The predicted molar refractivity (Wildman–Crippen MR) is 103 cm³/mol. The van der Waals surface area contributed by atoms with Gasteiger partial charge in [0.2, 0.25) is 0 Å². The lowest BCUT2D eigenvalue weighted by molar-refractivity contribution is 0.171. The molecule has 2 aliphatic rings. The Bertz CT molecular complexity index is 978. The van der Waals surface area contributed by atoms with Gasteiger partial charge >= 0.3 is 6.03 Å². The first-order valence-corrected chi connectivity index (χ1v) is 11.3. The van der Waals surface area contributed by atoms with Crippen LogP contribution in [-0.4, -0.2) is 55.6 Å². The number of rotatable bonds is 3. The third kappa shape index (κ3) is 4.12. The molecule has 0 radical (unpaired) electrons. The zero-order valence-electron chi connectivity index (χ0n) is 14.0. The van der Waals surface area contributed by atoms with Gasteiger partial charge in [0.25, 0.3) is 0 Å². The van der Waals surface area contributed by atoms with Gasteiger partial charge in [0.05, 0.1) is 28.6 Å². The minimum absolute atomic E-state index is 0.134. The number of anilines is 1. The Kier molecular flexibility index (Phi) is 4.87. The topological polar surface area (TPSA) is 107 Å². The molecule has 1 aromatic heterocycles. The monoisotopic (exact) mass is 429 g/mol. The molecule has 0 saturated carbocycles. The number of thiazole rings is 1. The summed E-state index contributed by atoms with van der Waals surface area (Å²) < 4.78 is 34.2. The number of hydrogen-bond acceptors (Lipinski definition) is 7. The third-order valence-electron chi connectivity index (χ3n) is 4.16. The van der Waals surface area contributed by atoms with Crippen molar-refractivity contribution in [2.45, 2.75) is 11.4 Å². The fraction of sp³-hybridized carbons (Fsp3) is 0.375. The molecule has 2 amide bonds. The van der Waals surface area contributed by atoms with Crippen molar-refractivity contribution in [1.29, 1.82) is 0 Å². The van der Waals surface area contributed by atoms with E-state index in [4.69, 9.17) is 21.1 Å². The van der Waals surface area contributed by atoms with Crippen molar-refractivity contribution in [3.8, 4) is 22.8 Å². The Morgan fingerprint density at radius 2 is 2.00 bits per heavy atom. The van der Waals surface area contributed by atoms with Crippen LogP contribution in [0.1, 0.15) is 0 Å². The Labute approximate surface area is 164 Å². The first kappa shape index (κ1) is 18.3. The molecule has 1 fully saturated rings. The van der Waals surface area contributed by atoms with Crippen molar-refractivity contribution < 1.29 is 22.7 Å². The first-order chi connectivity index (χ1) is 12.9. The number of halogens is 1. The number of aromatic nitrogens is 1. The van der Waals surface area contributed by atoms with Crippen molar-refractivity contribution in [2.75, 3.05) is 30.0 Å². The number of nitrogens with zero attached hydrogens (tertiary/aromatic N) is 1. The SMILES string of the molecule is O=C(Nc1nc(-c2ccc3c(c2)OCCO3)cs1)N[C@@H]1CS(=O)(=O)C[C@@H]1Cl. The van der Waals surface area contributed by atoms with Crippen LogP contribution in [0.3, 0.4) is 0 Å². The number of urea groups is 1. The summed E-state index contributed by atoms with van der Waals surface area (Å²) in [4.78, 5) is 16.5. The molecule has 2 atom stereocenters. The van der Waals surface area contributed by atoms with Crippen LogP contribution in [0.5, 0.6) is 11.5 Å². The fourth-order valence-electron chi connectivity index (χ4n) is 2.90. The fourth-order valence-corrected chi connectivity index (χ4v) is 6.17. The molecular formula is C16H16ClN3O5S2. The van der Waals surface area contributed by atoms with E-state index >= 15 is 0 Å². The number of nitrogens with one attached hydrogen (secondary N) is 2. The lowest BCUT2D eigenvalue weighted by Gasteiger charge is -2.18. The van der Waals surface area contributed by atoms with E-state index in [1.807, 2.05) is 23.6 Å². The number of benzene rings is 1. The van der Waals surface area contributed by atoms with E-state index < -0.39 is 27.3 Å². The van der Waals surface area contributed by atoms with Gasteiger partial charge in [-0.15, -0.1) is 22.9 Å². The van der Waals surface area contributed by atoms with Gasteiger partial charge in [-0.25, -0.2) is 18.2 Å². The van der Waals surface area contributed by atoms with Gasteiger partial charge in [-0.3, -0.25) is 5.32 Å². The van der Waals surface area contributed by atoms with E-state index in [1.165, 1.54) is 11.3 Å². The third-order valence-corrected chi connectivity index (χ3v) is 7.30. The average molecular weight is 430 g/mol. The Hall–Kier alpha value is -2.04. The highest BCUT2D eigenvalue weighted by Crippen LogP contribution is 2.35. The van der Waals surface area contributed by atoms with Crippen LogP contribution in [0.2, 0.25) is 0 Å². The summed E-state index contributed by atoms with van der Waals surface area (Å²) in [6.45, 7) is 1.02. The summed E-state index contributed by atoms with van der Waals surface area (Å²) in [6, 6.07) is 4.38. The number of sulfone groups is 1. The second kappa shape index (κ2) is 7.17. The zero-order chi connectivity index (χ0) is 19.0. The molecule has 4 rings (SSSR count). The van der Waals surface area contributed by atoms with Crippen molar-refractivity contribution in [3.05, 3.63) is 23.6 Å². The summed E-state index contributed by atoms with van der Waals surface area (Å²) in [5.41, 5.74) is 1.53. The first-order valence-electron chi connectivity index (χ1n) is 8.17. The van der Waals surface area contributed by atoms with Gasteiger partial charge in [0, 0.05) is 10.9 Å². The molecule has 3 heterocycles. The van der Waals surface area contributed by atoms with Crippen molar-refractivity contribution in [1.82, 2.24) is 10.3 Å². The minimum Gasteiger partial charge on any atom is -0.486 e. The molecule has 0 bridgehead atoms. The number of carbonyl (C=O) groups excluding carboxylic acids is 1. The van der Waals surface area contributed by atoms with E-state index in [0.29, 0.717) is 35.5 Å². The molecule has 27 heavy (non-hydrogen) atoms. The molecule has 8 nitrogen and oxygen atoms in total. The van der Waals surface area contributed by atoms with Gasteiger partial charge in [-0.1, -0.05) is 0 Å². The lowest BCUT2D eigenvalue weighted by Crippen LogP contribution is -2.42. The van der Waals surface area contributed by atoms with Gasteiger partial charge < -0.3 is 14.8 Å². The molecule has 144 valence electrons. The van der Waals surface area contributed by atoms with Crippen LogP contribution in [0.25, 0.3) is 11.3 Å². The van der Waals surface area contributed by atoms with Crippen LogP contribution in [-0.2, 0) is 9.84 Å². The number of ether oxygens (including phenoxy) is 2. The molecule has 11 heteroatoms. The van der Waals surface area contributed by atoms with Crippen molar-refractivity contribution >= 4 is 43.9 Å². The Morgan fingerprint density at radius 1 is 1.22 bits per heavy atom. The number of fused-ring (bicyclic) bond motifs is 1. The highest BCUT2D eigenvalue weighted by molar-refractivity contribution is 7.91. The second-order valence-electron chi connectivity index (χ2n) is 6.19. The number of amides is 2. The largest absolute Gasteiger partial charge is 0.486 e. The molecule has 0 unspecified atom stereocenters. The number of carbonyl (C=O) groups is 1. The molecule has 1 saturated heterocycles. The number of hydrogen-bond donors (Lipinski definition) is 2. The summed E-state index contributed by atoms with van der Waals surface area (Å²) >= 11 is 7.26. The van der Waals surface area contributed by atoms with Gasteiger partial charge in [0.1, 0.15) is 13.2 Å². The highest BCUT2D eigenvalue weighted by atomic mass is 35.5. The summed E-state index contributed by atoms with van der Waals surface area (Å²) in [5.74, 6) is 1.06. The second-order valence-corrected chi connectivity index (χ2v) is 9.77. The lowest BCUT2D eigenvalue weighted by atomic mass is 10.1. The van der Waals surface area contributed by atoms with Crippen LogP contribution >= 0.6 is 22.9 Å². The van der Waals surface area contributed by atoms with Crippen LogP contribution in [0.15, 0.2) is 23.6 Å². The maximum Gasteiger partial charge on any atom is 0.321 e. The number of alkyl halides is 1. The molecule has 0 spiro atoms. The zero-order valence-corrected chi connectivity index (χ0v) is 16.4. The molecule has 2 N–H and O–H groups in total. The Balaban J connectivity index is 1.42.